The third-order valence-electron chi connectivity index (χ3n) is 3.94. The van der Waals surface area contributed by atoms with E-state index in [-0.39, 0.29) is 10.9 Å². The van der Waals surface area contributed by atoms with Gasteiger partial charge in [-0.3, -0.25) is 9.59 Å². The van der Waals surface area contributed by atoms with Crippen molar-refractivity contribution in [2.75, 3.05) is 20.2 Å². The van der Waals surface area contributed by atoms with Crippen LogP contribution in [0.4, 0.5) is 0 Å². The number of methoxy groups -OCH3 is 1. The van der Waals surface area contributed by atoms with E-state index in [4.69, 9.17) is 10.5 Å². The number of fused-ring (bicyclic) bond motifs is 1. The van der Waals surface area contributed by atoms with E-state index < -0.39 is 5.91 Å². The van der Waals surface area contributed by atoms with Gasteiger partial charge in [-0.1, -0.05) is 6.08 Å². The molecule has 3 rings (SSSR count). The molecular formula is C16H17N3O3S. The van der Waals surface area contributed by atoms with Gasteiger partial charge in [0.2, 0.25) is 5.91 Å². The van der Waals surface area contributed by atoms with Crippen molar-refractivity contribution in [2.24, 2.45) is 5.73 Å². The van der Waals surface area contributed by atoms with Crippen molar-refractivity contribution in [2.45, 2.75) is 13.3 Å². The van der Waals surface area contributed by atoms with Gasteiger partial charge in [0.15, 0.2) is 5.01 Å². The molecule has 2 heterocycles. The lowest BCUT2D eigenvalue weighted by Gasteiger charge is -2.25. The van der Waals surface area contributed by atoms with E-state index in [9.17, 15) is 9.59 Å². The monoisotopic (exact) mass is 331 g/mol. The first-order valence-electron chi connectivity index (χ1n) is 7.23. The molecule has 0 spiro atoms. The molecule has 0 atom stereocenters. The zero-order valence-corrected chi connectivity index (χ0v) is 13.8. The van der Waals surface area contributed by atoms with Crippen LogP contribution in [0.2, 0.25) is 0 Å². The summed E-state index contributed by atoms with van der Waals surface area (Å²) in [7, 11) is 1.57. The molecule has 2 amide bonds. The number of hydrogen-bond acceptors (Lipinski definition) is 5. The highest BCUT2D eigenvalue weighted by molar-refractivity contribution is 7.20. The van der Waals surface area contributed by atoms with Gasteiger partial charge in [0, 0.05) is 20.0 Å². The largest absolute Gasteiger partial charge is 0.494 e. The van der Waals surface area contributed by atoms with Gasteiger partial charge in [-0.25, -0.2) is 4.98 Å². The fourth-order valence-corrected chi connectivity index (χ4v) is 3.69. The second-order valence-corrected chi connectivity index (χ2v) is 6.32. The zero-order chi connectivity index (χ0) is 16.6. The van der Waals surface area contributed by atoms with E-state index in [1.165, 1.54) is 11.3 Å². The van der Waals surface area contributed by atoms with Crippen LogP contribution in [0.25, 0.3) is 15.8 Å². The minimum absolute atomic E-state index is 0.0778. The Bertz CT molecular complexity index is 825. The highest BCUT2D eigenvalue weighted by Crippen LogP contribution is 2.37. The second-order valence-electron chi connectivity index (χ2n) is 5.32. The van der Waals surface area contributed by atoms with Crippen LogP contribution in [0.3, 0.4) is 0 Å². The van der Waals surface area contributed by atoms with E-state index in [0.717, 1.165) is 22.3 Å². The predicted molar refractivity (Wildman–Crippen MR) is 89.5 cm³/mol. The molecule has 7 heteroatoms. The molecule has 1 aliphatic rings. The third kappa shape index (κ3) is 2.79. The lowest BCUT2D eigenvalue weighted by atomic mass is 9.99. The highest BCUT2D eigenvalue weighted by atomic mass is 32.1. The minimum Gasteiger partial charge on any atom is -0.494 e. The van der Waals surface area contributed by atoms with Crippen molar-refractivity contribution < 1.29 is 14.3 Å². The van der Waals surface area contributed by atoms with Gasteiger partial charge >= 0.3 is 0 Å². The topological polar surface area (TPSA) is 85.5 Å². The number of rotatable bonds is 3. The molecule has 0 saturated heterocycles. The molecule has 23 heavy (non-hydrogen) atoms. The molecule has 6 nitrogen and oxygen atoms in total. The van der Waals surface area contributed by atoms with Crippen LogP contribution in [0.15, 0.2) is 18.2 Å². The summed E-state index contributed by atoms with van der Waals surface area (Å²) >= 11 is 1.28. The summed E-state index contributed by atoms with van der Waals surface area (Å²) in [6, 6.07) is 3.82. The Hall–Kier alpha value is -2.41. The van der Waals surface area contributed by atoms with Crippen LogP contribution >= 0.6 is 11.3 Å². The molecule has 1 aromatic carbocycles. The molecule has 120 valence electrons. The Kier molecular flexibility index (Phi) is 4.04. The molecule has 0 bridgehead atoms. The summed E-state index contributed by atoms with van der Waals surface area (Å²) in [5.74, 6) is 0.155. The first-order chi connectivity index (χ1) is 11.0. The predicted octanol–water partition coefficient (Wildman–Crippen LogP) is 2.04. The quantitative estimate of drug-likeness (QED) is 0.932. The van der Waals surface area contributed by atoms with Crippen molar-refractivity contribution in [3.63, 3.8) is 0 Å². The molecule has 0 aliphatic carbocycles. The first kappa shape index (κ1) is 15.5. The normalized spacial score (nSPS) is 14.7. The summed E-state index contributed by atoms with van der Waals surface area (Å²) in [5, 5.41) is 0.271. The van der Waals surface area contributed by atoms with Gasteiger partial charge in [0.05, 0.1) is 11.8 Å². The van der Waals surface area contributed by atoms with Gasteiger partial charge in [-0.05, 0) is 29.7 Å². The number of aromatic nitrogens is 1. The number of amides is 2. The fourth-order valence-electron chi connectivity index (χ4n) is 2.71. The number of carbonyl (C=O) groups excluding carboxylic acids is 2. The van der Waals surface area contributed by atoms with Crippen LogP contribution in [0.1, 0.15) is 28.7 Å². The Morgan fingerprint density at radius 2 is 2.17 bits per heavy atom. The fraction of sp³-hybridized carbons (Fsp3) is 0.312. The summed E-state index contributed by atoms with van der Waals surface area (Å²) in [6.07, 6.45) is 2.82. The Balaban J connectivity index is 2.08. The number of benzene rings is 1. The minimum atomic E-state index is -0.542. The standard InChI is InChI=1S/C16H17N3O3S/c1-9(20)19-7-5-10(6-8-19)11-3-4-12(22-2)13-14(11)23-16(18-13)15(17)21/h3-5H,6-8H2,1-2H3,(H2,17,21). The maximum Gasteiger partial charge on any atom is 0.277 e. The second kappa shape index (κ2) is 6.00. The maximum absolute atomic E-state index is 11.4. The van der Waals surface area contributed by atoms with Crippen molar-refractivity contribution in [3.8, 4) is 5.75 Å². The summed E-state index contributed by atoms with van der Waals surface area (Å²) in [4.78, 5) is 29.0. The van der Waals surface area contributed by atoms with Gasteiger partial charge in [-0.15, -0.1) is 11.3 Å². The molecule has 0 saturated carbocycles. The van der Waals surface area contributed by atoms with Gasteiger partial charge in [-0.2, -0.15) is 0 Å². The number of carbonyl (C=O) groups is 2. The molecule has 1 aromatic heterocycles. The Labute approximate surface area is 137 Å². The van der Waals surface area contributed by atoms with Crippen LogP contribution in [-0.4, -0.2) is 41.9 Å². The van der Waals surface area contributed by atoms with Crippen molar-refractivity contribution in [1.82, 2.24) is 9.88 Å². The highest BCUT2D eigenvalue weighted by Gasteiger charge is 2.20. The number of nitrogens with zero attached hydrogens (tertiary/aromatic N) is 2. The Morgan fingerprint density at radius 1 is 1.39 bits per heavy atom. The zero-order valence-electron chi connectivity index (χ0n) is 13.0. The number of primary amides is 1. The van der Waals surface area contributed by atoms with Gasteiger partial charge in [0.1, 0.15) is 11.3 Å². The van der Waals surface area contributed by atoms with Crippen LogP contribution in [-0.2, 0) is 4.79 Å². The average Bonchev–Trinajstić information content (AvgIpc) is 2.99. The van der Waals surface area contributed by atoms with E-state index >= 15 is 0 Å². The van der Waals surface area contributed by atoms with Crippen molar-refractivity contribution in [1.29, 1.82) is 0 Å². The maximum atomic E-state index is 11.4. The lowest BCUT2D eigenvalue weighted by molar-refractivity contribution is -0.128. The molecule has 2 aromatic rings. The third-order valence-corrected chi connectivity index (χ3v) is 5.04. The summed E-state index contributed by atoms with van der Waals surface area (Å²) < 4.78 is 6.22. The summed E-state index contributed by atoms with van der Waals surface area (Å²) in [5.41, 5.74) is 8.18. The van der Waals surface area contributed by atoms with E-state index in [2.05, 4.69) is 11.1 Å². The van der Waals surface area contributed by atoms with Gasteiger partial charge < -0.3 is 15.4 Å². The average molecular weight is 331 g/mol. The van der Waals surface area contributed by atoms with E-state index in [1.807, 2.05) is 12.1 Å². The Morgan fingerprint density at radius 3 is 2.74 bits per heavy atom. The first-order valence-corrected chi connectivity index (χ1v) is 8.05. The number of ether oxygens (including phenoxy) is 1. The number of thiazole rings is 1. The molecule has 2 N–H and O–H groups in total. The summed E-state index contributed by atoms with van der Waals surface area (Å²) in [6.45, 7) is 2.86. The van der Waals surface area contributed by atoms with Crippen molar-refractivity contribution in [3.05, 3.63) is 28.8 Å². The van der Waals surface area contributed by atoms with Crippen LogP contribution in [0.5, 0.6) is 5.75 Å². The van der Waals surface area contributed by atoms with Crippen molar-refractivity contribution >= 4 is 38.9 Å². The molecular weight excluding hydrogens is 314 g/mol. The van der Waals surface area contributed by atoms with E-state index in [1.54, 1.807) is 18.9 Å². The molecule has 1 aliphatic heterocycles. The molecule has 0 unspecified atom stereocenters. The smallest absolute Gasteiger partial charge is 0.277 e. The van der Waals surface area contributed by atoms with E-state index in [0.29, 0.717) is 24.4 Å². The van der Waals surface area contributed by atoms with Crippen LogP contribution in [0, 0.1) is 0 Å². The molecule has 0 fully saturated rings. The van der Waals surface area contributed by atoms with Crippen LogP contribution < -0.4 is 10.5 Å². The molecule has 0 radical (unpaired) electrons. The number of hydrogen-bond donors (Lipinski definition) is 1. The SMILES string of the molecule is COc1ccc(C2=CCN(C(C)=O)CC2)c2sc(C(N)=O)nc12. The van der Waals surface area contributed by atoms with Gasteiger partial charge in [0.25, 0.3) is 5.91 Å². The lowest BCUT2D eigenvalue weighted by Crippen LogP contribution is -2.32. The number of nitrogens with two attached hydrogens (primary N) is 1.